The van der Waals surface area contributed by atoms with Gasteiger partial charge in [-0.25, -0.2) is 0 Å². The fourth-order valence-electron chi connectivity index (χ4n) is 8.94. The lowest BCUT2D eigenvalue weighted by Gasteiger charge is -2.21. The molecule has 2 unspecified atom stereocenters. The molecule has 9 aromatic carbocycles. The van der Waals surface area contributed by atoms with E-state index >= 15 is 0 Å². The number of hydrogen-bond acceptors (Lipinski definition) is 10. The van der Waals surface area contributed by atoms with Crippen molar-refractivity contribution in [2.75, 3.05) is 45.0 Å². The number of para-hydroxylation sites is 3. The number of carbonyl (C=O) groups excluding carboxylic acids is 4. The third kappa shape index (κ3) is 23.2. The van der Waals surface area contributed by atoms with Crippen molar-refractivity contribution in [2.45, 2.75) is 94.9 Å². The van der Waals surface area contributed by atoms with Crippen molar-refractivity contribution in [1.82, 2.24) is 0 Å². The monoisotopic (exact) mass is 1250 g/mol. The van der Waals surface area contributed by atoms with Gasteiger partial charge in [-0.15, -0.1) is 0 Å². The summed E-state index contributed by atoms with van der Waals surface area (Å²) in [6, 6.07) is 80.6. The van der Waals surface area contributed by atoms with Crippen LogP contribution in [0.15, 0.2) is 243 Å². The first kappa shape index (κ1) is 72.3. The maximum Gasteiger partial charge on any atom is 0.311 e. The van der Waals surface area contributed by atoms with Crippen molar-refractivity contribution >= 4 is 29.5 Å². The van der Waals surface area contributed by atoms with Crippen LogP contribution in [0.2, 0.25) is 0 Å². The summed E-state index contributed by atoms with van der Waals surface area (Å²) >= 11 is 0. The van der Waals surface area contributed by atoms with Gasteiger partial charge in [0, 0.05) is 33.4 Å². The summed E-state index contributed by atoms with van der Waals surface area (Å²) in [7, 11) is 0. The highest BCUT2D eigenvalue weighted by molar-refractivity contribution is 5.95. The van der Waals surface area contributed by atoms with E-state index in [2.05, 4.69) is 53.8 Å². The highest BCUT2D eigenvalue weighted by atomic mass is 16.6. The van der Waals surface area contributed by atoms with Crippen molar-refractivity contribution in [1.29, 1.82) is 0 Å². The Kier molecular flexibility index (Phi) is 29.7. The van der Waals surface area contributed by atoms with Crippen LogP contribution >= 0.6 is 0 Å². The Morgan fingerprint density at radius 1 is 0.344 bits per heavy atom. The first-order chi connectivity index (χ1) is 45.0. The lowest BCUT2D eigenvalue weighted by molar-refractivity contribution is -0.155. The molecule has 0 saturated carbocycles. The van der Waals surface area contributed by atoms with Gasteiger partial charge in [-0.2, -0.15) is 0 Å². The Morgan fingerprint density at radius 2 is 0.667 bits per heavy atom. The topological polar surface area (TPSA) is 136 Å². The van der Waals surface area contributed by atoms with Gasteiger partial charge in [0.05, 0.1) is 17.3 Å². The summed E-state index contributed by atoms with van der Waals surface area (Å²) in [6.45, 7) is 21.2. The molecule has 93 heavy (non-hydrogen) atoms. The highest BCUT2D eigenvalue weighted by Crippen LogP contribution is 2.39. The molecule has 0 aliphatic heterocycles. The predicted molar refractivity (Wildman–Crippen MR) is 378 cm³/mol. The second-order valence-corrected chi connectivity index (χ2v) is 23.6. The molecule has 9 rings (SSSR count). The molecule has 11 heteroatoms. The average Bonchev–Trinajstić information content (AvgIpc) is 1.13. The van der Waals surface area contributed by atoms with E-state index < -0.39 is 5.41 Å². The standard InChI is InChI=1S/C25H26O3.C20H24O3.C19H22O3.C18H21NO/c1-3-19(2)25(26)28-18-17-27-24-22(20-11-6-4-7-12-20)15-10-16-23(24)21-13-8-5-9-14-21;1-4-20(2,3)19(21)23-15-14-22-18-13-9-8-12-17(18)16-10-6-5-7-11-16;1-3-15(2)19(20)22-14-13-21-18-12-8-7-11-17(18)16-9-5-4-6-10-16;1-4-18(2,3)17(20)19-16-12-10-15(11-13-16)14-8-6-5-7-9-14/h4-16,19H,3,17-18H2,1-2H3;5-13H,4,14-15H2,1-3H3;4-12,15H,3,13-14H2,1-2H3;5-13H,4H2,1-3H3,(H,19,20). The molecule has 1 N–H and O–H groups in total. The average molecular weight is 1250 g/mol. The number of ether oxygens (including phenoxy) is 6. The van der Waals surface area contributed by atoms with Crippen LogP contribution in [0.5, 0.6) is 17.2 Å². The molecule has 0 radical (unpaired) electrons. The Bertz CT molecular complexity index is 3590. The van der Waals surface area contributed by atoms with E-state index in [0.717, 1.165) is 98.7 Å². The minimum absolute atomic E-state index is 0.0587. The van der Waals surface area contributed by atoms with Crippen molar-refractivity contribution in [2.24, 2.45) is 22.7 Å². The maximum atomic E-state index is 12.1. The van der Waals surface area contributed by atoms with Crippen LogP contribution in [0.3, 0.4) is 0 Å². The van der Waals surface area contributed by atoms with Gasteiger partial charge in [0.2, 0.25) is 5.91 Å². The molecule has 0 saturated heterocycles. The number of benzene rings is 9. The lowest BCUT2D eigenvalue weighted by atomic mass is 9.89. The lowest BCUT2D eigenvalue weighted by Crippen LogP contribution is -2.29. The Hall–Kier alpha value is -9.74. The van der Waals surface area contributed by atoms with Gasteiger partial charge in [-0.05, 0) is 97.2 Å². The summed E-state index contributed by atoms with van der Waals surface area (Å²) in [5.74, 6) is 1.80. The van der Waals surface area contributed by atoms with Gasteiger partial charge in [0.15, 0.2) is 0 Å². The molecule has 9 aromatic rings. The molecule has 1 amide bonds. The third-order valence-corrected chi connectivity index (χ3v) is 16.1. The second kappa shape index (κ2) is 38.2. The summed E-state index contributed by atoms with van der Waals surface area (Å²) in [6.07, 6.45) is 3.13. The van der Waals surface area contributed by atoms with Crippen LogP contribution in [0.1, 0.15) is 94.9 Å². The maximum absolute atomic E-state index is 12.1. The van der Waals surface area contributed by atoms with Gasteiger partial charge >= 0.3 is 17.9 Å². The fraction of sp³-hybridized carbons (Fsp3) is 0.293. The normalized spacial score (nSPS) is 11.4. The van der Waals surface area contributed by atoms with Crippen molar-refractivity contribution in [3.05, 3.63) is 243 Å². The van der Waals surface area contributed by atoms with Gasteiger partial charge in [-0.1, -0.05) is 274 Å². The number of rotatable bonds is 26. The van der Waals surface area contributed by atoms with Crippen LogP contribution in [0, 0.1) is 22.7 Å². The van der Waals surface area contributed by atoms with E-state index in [1.54, 1.807) is 0 Å². The van der Waals surface area contributed by atoms with E-state index in [-0.39, 0.29) is 60.9 Å². The molecule has 2 atom stereocenters. The van der Waals surface area contributed by atoms with Crippen LogP contribution in [0.4, 0.5) is 5.69 Å². The summed E-state index contributed by atoms with van der Waals surface area (Å²) in [5.41, 5.74) is 10.9. The van der Waals surface area contributed by atoms with Gasteiger partial charge in [0.25, 0.3) is 0 Å². The van der Waals surface area contributed by atoms with Gasteiger partial charge < -0.3 is 33.7 Å². The smallest absolute Gasteiger partial charge is 0.311 e. The number of amides is 1. The highest BCUT2D eigenvalue weighted by Gasteiger charge is 2.27. The molecule has 0 fully saturated rings. The molecule has 0 aliphatic rings. The minimum Gasteiger partial charge on any atom is -0.489 e. The largest absolute Gasteiger partial charge is 0.489 e. The second-order valence-electron chi connectivity index (χ2n) is 23.6. The number of hydrogen-bond donors (Lipinski definition) is 1. The first-order valence-corrected chi connectivity index (χ1v) is 32.4. The zero-order valence-corrected chi connectivity index (χ0v) is 55.9. The minimum atomic E-state index is -0.443. The third-order valence-electron chi connectivity index (χ3n) is 16.1. The van der Waals surface area contributed by atoms with E-state index in [0.29, 0.717) is 19.8 Å². The van der Waals surface area contributed by atoms with E-state index in [4.69, 9.17) is 28.4 Å². The zero-order chi connectivity index (χ0) is 66.9. The molecule has 486 valence electrons. The molecule has 0 spiro atoms. The van der Waals surface area contributed by atoms with E-state index in [1.165, 1.54) is 5.56 Å². The van der Waals surface area contributed by atoms with Crippen molar-refractivity contribution < 1.29 is 47.6 Å². The SMILES string of the molecule is CCC(C)(C)C(=O)Nc1ccc(-c2ccccc2)cc1.CCC(C)(C)C(=O)OCCOc1ccccc1-c1ccccc1.CCC(C)C(=O)OCCOc1c(-c2ccccc2)cccc1-c1ccccc1.CCC(C)C(=O)OCCOc1ccccc1-c1ccccc1. The van der Waals surface area contributed by atoms with Gasteiger partial charge in [-0.3, -0.25) is 19.2 Å². The summed E-state index contributed by atoms with van der Waals surface area (Å²) < 4.78 is 33.6. The Labute approximate surface area is 552 Å². The van der Waals surface area contributed by atoms with Crippen LogP contribution in [-0.2, 0) is 33.4 Å². The fourth-order valence-corrected chi connectivity index (χ4v) is 8.94. The van der Waals surface area contributed by atoms with Crippen LogP contribution in [-0.4, -0.2) is 63.5 Å². The number of carbonyl (C=O) groups is 4. The van der Waals surface area contributed by atoms with Crippen LogP contribution in [0.25, 0.3) is 55.6 Å². The van der Waals surface area contributed by atoms with E-state index in [1.807, 2.05) is 263 Å². The molecule has 11 nitrogen and oxygen atoms in total. The first-order valence-electron chi connectivity index (χ1n) is 32.4. The zero-order valence-electron chi connectivity index (χ0n) is 55.9. The molecular weight excluding hydrogens is 1160 g/mol. The molecular formula is C82H93NO10. The number of esters is 3. The Morgan fingerprint density at radius 3 is 1.05 bits per heavy atom. The number of nitrogens with one attached hydrogen (secondary N) is 1. The van der Waals surface area contributed by atoms with Crippen molar-refractivity contribution in [3.63, 3.8) is 0 Å². The van der Waals surface area contributed by atoms with Gasteiger partial charge in [0.1, 0.15) is 56.9 Å². The Balaban J connectivity index is 0.000000198. The molecule has 0 bridgehead atoms. The summed E-state index contributed by atoms with van der Waals surface area (Å²) in [4.78, 5) is 47.5. The molecule has 0 heterocycles. The van der Waals surface area contributed by atoms with E-state index in [9.17, 15) is 19.2 Å². The summed E-state index contributed by atoms with van der Waals surface area (Å²) in [5, 5.41) is 2.97. The van der Waals surface area contributed by atoms with Crippen LogP contribution < -0.4 is 19.5 Å². The predicted octanol–water partition coefficient (Wildman–Crippen LogP) is 19.8. The van der Waals surface area contributed by atoms with Crippen molar-refractivity contribution in [3.8, 4) is 72.9 Å². The molecule has 0 aromatic heterocycles. The number of anilines is 1. The molecule has 0 aliphatic carbocycles. The quantitative estimate of drug-likeness (QED) is 0.0317.